The highest BCUT2D eigenvalue weighted by Gasteiger charge is 2.33. The highest BCUT2D eigenvalue weighted by molar-refractivity contribution is 6.36. The first kappa shape index (κ1) is 28.1. The number of hydrogen-bond donors (Lipinski definition) is 0. The van der Waals surface area contributed by atoms with E-state index in [0.717, 1.165) is 40.9 Å². The van der Waals surface area contributed by atoms with Gasteiger partial charge in [0.1, 0.15) is 6.54 Å². The number of carbonyl (C=O) groups is 2. The number of ether oxygens (including phenoxy) is 3. The molecule has 1 aliphatic carbocycles. The minimum atomic E-state index is -0.317. The fourth-order valence-corrected chi connectivity index (χ4v) is 5.78. The third-order valence-corrected chi connectivity index (χ3v) is 8.13. The van der Waals surface area contributed by atoms with Gasteiger partial charge in [-0.2, -0.15) is 0 Å². The topological polar surface area (TPSA) is 73.2 Å². The molecular formula is C31H38ClN3O5. The van der Waals surface area contributed by atoms with Crippen molar-refractivity contribution in [1.29, 1.82) is 0 Å². The first-order valence-corrected chi connectivity index (χ1v) is 14.6. The van der Waals surface area contributed by atoms with Gasteiger partial charge in [-0.3, -0.25) is 9.69 Å². The average molecular weight is 568 g/mol. The Morgan fingerprint density at radius 3 is 2.70 bits per heavy atom. The molecule has 2 amide bonds. The summed E-state index contributed by atoms with van der Waals surface area (Å²) in [5, 5.41) is 1.39. The van der Waals surface area contributed by atoms with E-state index in [9.17, 15) is 9.59 Å². The van der Waals surface area contributed by atoms with Gasteiger partial charge < -0.3 is 23.7 Å². The lowest BCUT2D eigenvalue weighted by molar-refractivity contribution is -0.143. The van der Waals surface area contributed by atoms with Crippen molar-refractivity contribution in [2.45, 2.75) is 65.1 Å². The van der Waals surface area contributed by atoms with Crippen LogP contribution in [0.4, 0.5) is 10.5 Å². The molecule has 214 valence electrons. The highest BCUT2D eigenvalue weighted by atomic mass is 35.5. The van der Waals surface area contributed by atoms with Crippen LogP contribution in [0.3, 0.4) is 0 Å². The van der Waals surface area contributed by atoms with E-state index >= 15 is 0 Å². The van der Waals surface area contributed by atoms with Crippen molar-refractivity contribution in [3.05, 3.63) is 53.2 Å². The number of halogens is 1. The van der Waals surface area contributed by atoms with E-state index in [1.54, 1.807) is 24.8 Å². The predicted molar refractivity (Wildman–Crippen MR) is 156 cm³/mol. The number of aromatic nitrogens is 1. The Morgan fingerprint density at radius 1 is 1.12 bits per heavy atom. The van der Waals surface area contributed by atoms with Crippen molar-refractivity contribution in [2.24, 2.45) is 5.92 Å². The van der Waals surface area contributed by atoms with Crippen LogP contribution in [0.25, 0.3) is 10.9 Å². The Balaban J connectivity index is 1.35. The van der Waals surface area contributed by atoms with Crippen molar-refractivity contribution >= 4 is 40.2 Å². The summed E-state index contributed by atoms with van der Waals surface area (Å²) in [6.45, 7) is 5.91. The van der Waals surface area contributed by atoms with Gasteiger partial charge in [-0.1, -0.05) is 36.6 Å². The fourth-order valence-electron chi connectivity index (χ4n) is 5.45. The van der Waals surface area contributed by atoms with Crippen LogP contribution in [0.2, 0.25) is 5.02 Å². The molecule has 8 nitrogen and oxygen atoms in total. The van der Waals surface area contributed by atoms with Gasteiger partial charge in [-0.25, -0.2) is 4.79 Å². The molecule has 2 aliphatic rings. The summed E-state index contributed by atoms with van der Waals surface area (Å²) in [5.74, 6) is 1.88. The molecule has 0 radical (unpaired) electrons. The van der Waals surface area contributed by atoms with Crippen LogP contribution in [-0.2, 0) is 22.6 Å². The van der Waals surface area contributed by atoms with Gasteiger partial charge in [0.2, 0.25) is 0 Å². The van der Waals surface area contributed by atoms with Crippen molar-refractivity contribution in [2.75, 3.05) is 31.8 Å². The molecule has 5 rings (SSSR count). The predicted octanol–water partition coefficient (Wildman–Crippen LogP) is 6.66. The lowest BCUT2D eigenvalue weighted by atomic mass is 10.1. The number of urea groups is 1. The molecule has 2 fully saturated rings. The second-order valence-electron chi connectivity index (χ2n) is 10.7. The van der Waals surface area contributed by atoms with E-state index in [2.05, 4.69) is 6.92 Å². The minimum Gasteiger partial charge on any atom is -0.493 e. The summed E-state index contributed by atoms with van der Waals surface area (Å²) in [5.41, 5.74) is 2.56. The van der Waals surface area contributed by atoms with Crippen LogP contribution < -0.4 is 14.4 Å². The van der Waals surface area contributed by atoms with Crippen molar-refractivity contribution in [3.63, 3.8) is 0 Å². The van der Waals surface area contributed by atoms with E-state index < -0.39 is 0 Å². The molecule has 1 atom stereocenters. The summed E-state index contributed by atoms with van der Waals surface area (Å²) < 4.78 is 18.6. The second-order valence-corrected chi connectivity index (χ2v) is 11.1. The number of hydrogen-bond acceptors (Lipinski definition) is 5. The molecule has 0 spiro atoms. The van der Waals surface area contributed by atoms with Gasteiger partial charge in [0, 0.05) is 42.5 Å². The monoisotopic (exact) mass is 567 g/mol. The van der Waals surface area contributed by atoms with Gasteiger partial charge in [0.15, 0.2) is 11.5 Å². The number of carbonyl (C=O) groups excluding carboxylic acids is 2. The largest absolute Gasteiger partial charge is 0.493 e. The molecule has 1 aromatic heterocycles. The molecule has 9 heteroatoms. The number of benzene rings is 2. The number of fused-ring (bicyclic) bond motifs is 1. The smallest absolute Gasteiger partial charge is 0.325 e. The standard InChI is InChI=1S/C31H38ClN3O5/c1-4-39-29(36)20-33-19-25(32)30-23(8-5-9-26(30)33)18-35-21(2)14-15-34(31(35)37)24-12-13-27(38-3)28(17-24)40-16-6-7-22-10-11-22/h5,8-9,12-13,17,19,21-22H,4,6-7,10-11,14-16,18,20H2,1-3H3/t21-/m0/s1. The summed E-state index contributed by atoms with van der Waals surface area (Å²) in [7, 11) is 1.63. The third-order valence-electron chi connectivity index (χ3n) is 7.84. The van der Waals surface area contributed by atoms with Gasteiger partial charge in [-0.05, 0) is 62.8 Å². The Hall–Kier alpha value is -3.39. The minimum absolute atomic E-state index is 0.0517. The summed E-state index contributed by atoms with van der Waals surface area (Å²) in [6.07, 6.45) is 7.47. The summed E-state index contributed by atoms with van der Waals surface area (Å²) >= 11 is 6.66. The maximum absolute atomic E-state index is 13.9. The summed E-state index contributed by atoms with van der Waals surface area (Å²) in [6, 6.07) is 11.5. The molecule has 0 bridgehead atoms. The van der Waals surface area contributed by atoms with Crippen LogP contribution in [0.15, 0.2) is 42.6 Å². The van der Waals surface area contributed by atoms with E-state index in [4.69, 9.17) is 25.8 Å². The van der Waals surface area contributed by atoms with E-state index in [1.165, 1.54) is 19.3 Å². The normalized spacial score (nSPS) is 17.4. The lowest BCUT2D eigenvalue weighted by Crippen LogP contribution is -2.53. The Labute approximate surface area is 240 Å². The number of nitrogens with zero attached hydrogens (tertiary/aromatic N) is 3. The zero-order valence-electron chi connectivity index (χ0n) is 23.5. The second kappa shape index (κ2) is 12.4. The van der Waals surface area contributed by atoms with Crippen LogP contribution in [0.1, 0.15) is 51.5 Å². The summed E-state index contributed by atoms with van der Waals surface area (Å²) in [4.78, 5) is 29.7. The zero-order chi connectivity index (χ0) is 28.2. The van der Waals surface area contributed by atoms with Crippen molar-refractivity contribution < 1.29 is 23.8 Å². The number of esters is 1. The molecule has 0 N–H and O–H groups in total. The highest BCUT2D eigenvalue weighted by Crippen LogP contribution is 2.37. The third kappa shape index (κ3) is 6.17. The fraction of sp³-hybridized carbons (Fsp3) is 0.484. The number of anilines is 1. The van der Waals surface area contributed by atoms with Gasteiger partial charge in [0.25, 0.3) is 0 Å². The zero-order valence-corrected chi connectivity index (χ0v) is 24.3. The van der Waals surface area contributed by atoms with Crippen LogP contribution >= 0.6 is 11.6 Å². The number of rotatable bonds is 12. The Kier molecular flexibility index (Phi) is 8.74. The van der Waals surface area contributed by atoms with Crippen LogP contribution in [0, 0.1) is 5.92 Å². The lowest BCUT2D eigenvalue weighted by Gasteiger charge is -2.40. The molecule has 2 aromatic carbocycles. The van der Waals surface area contributed by atoms with E-state index in [-0.39, 0.29) is 24.6 Å². The van der Waals surface area contributed by atoms with E-state index in [0.29, 0.717) is 42.8 Å². The van der Waals surface area contributed by atoms with Gasteiger partial charge in [0.05, 0.1) is 30.9 Å². The molecule has 1 saturated heterocycles. The van der Waals surface area contributed by atoms with Crippen molar-refractivity contribution in [3.8, 4) is 11.5 Å². The first-order chi connectivity index (χ1) is 19.4. The molecule has 40 heavy (non-hydrogen) atoms. The molecule has 0 unspecified atom stereocenters. The molecule has 1 aliphatic heterocycles. The quantitative estimate of drug-likeness (QED) is 0.181. The Morgan fingerprint density at radius 2 is 1.95 bits per heavy atom. The molecule has 1 saturated carbocycles. The maximum atomic E-state index is 13.9. The van der Waals surface area contributed by atoms with Crippen LogP contribution in [0.5, 0.6) is 11.5 Å². The first-order valence-electron chi connectivity index (χ1n) is 14.2. The SMILES string of the molecule is CCOC(=O)Cn1cc(Cl)c2c(CN3C(=O)N(c4ccc(OC)c(OCCCC5CC5)c4)CC[C@@H]3C)cccc21. The van der Waals surface area contributed by atoms with Gasteiger partial charge in [-0.15, -0.1) is 0 Å². The average Bonchev–Trinajstić information content (AvgIpc) is 3.72. The molecular weight excluding hydrogens is 530 g/mol. The van der Waals surface area contributed by atoms with Gasteiger partial charge >= 0.3 is 12.0 Å². The molecule has 2 heterocycles. The molecule has 3 aromatic rings. The Bertz CT molecular complexity index is 1370. The number of methoxy groups -OCH3 is 1. The van der Waals surface area contributed by atoms with Crippen LogP contribution in [-0.4, -0.2) is 54.4 Å². The van der Waals surface area contributed by atoms with E-state index in [1.807, 2.05) is 46.2 Å². The maximum Gasteiger partial charge on any atom is 0.325 e. The number of amides is 2. The van der Waals surface area contributed by atoms with Crippen molar-refractivity contribution in [1.82, 2.24) is 9.47 Å².